The lowest BCUT2D eigenvalue weighted by Gasteiger charge is -2.21. The van der Waals surface area contributed by atoms with Gasteiger partial charge in [0.15, 0.2) is 0 Å². The van der Waals surface area contributed by atoms with Crippen molar-refractivity contribution in [3.05, 3.63) is 0 Å². The number of hydrogen-bond acceptors (Lipinski definition) is 3. The van der Waals surface area contributed by atoms with Crippen LogP contribution in [-0.2, 0) is 4.79 Å². The molecule has 0 saturated carbocycles. The van der Waals surface area contributed by atoms with E-state index in [-0.39, 0.29) is 6.61 Å². The summed E-state index contributed by atoms with van der Waals surface area (Å²) in [7, 11) is 0. The second kappa shape index (κ2) is 31.5. The number of carbonyl (C=O) groups excluding carboxylic acids is 1. The van der Waals surface area contributed by atoms with Crippen molar-refractivity contribution in [2.45, 2.75) is 195 Å². The molecule has 3 heteroatoms. The molecule has 0 aromatic rings. The minimum atomic E-state index is 0.278. The van der Waals surface area contributed by atoms with Crippen LogP contribution in [0.4, 0.5) is 0 Å². The number of ketones is 1. The molecule has 3 nitrogen and oxygen atoms in total. The van der Waals surface area contributed by atoms with Gasteiger partial charge in [0.25, 0.3) is 0 Å². The van der Waals surface area contributed by atoms with E-state index in [1.54, 1.807) is 0 Å². The summed E-state index contributed by atoms with van der Waals surface area (Å²) >= 11 is 0. The lowest BCUT2D eigenvalue weighted by Crippen LogP contribution is -2.29. The molecule has 1 atom stereocenters. The quantitative estimate of drug-likeness (QED) is 0.0804. The second-order valence-electron chi connectivity index (χ2n) is 13.1. The van der Waals surface area contributed by atoms with Crippen LogP contribution in [0.25, 0.3) is 0 Å². The molecule has 0 aromatic heterocycles. The predicted octanol–water partition coefficient (Wildman–Crippen LogP) is 11.3. The van der Waals surface area contributed by atoms with Crippen molar-refractivity contribution >= 4 is 5.78 Å². The molecule has 0 spiro atoms. The minimum Gasteiger partial charge on any atom is -0.395 e. The molecule has 1 unspecified atom stereocenters. The zero-order chi connectivity index (χ0) is 29.5. The van der Waals surface area contributed by atoms with E-state index in [2.05, 4.69) is 32.6 Å². The Balaban J connectivity index is 4.20. The molecule has 0 bridgehead atoms. The van der Waals surface area contributed by atoms with E-state index < -0.39 is 0 Å². The van der Waals surface area contributed by atoms with Crippen molar-refractivity contribution in [2.75, 3.05) is 26.2 Å². The Hall–Kier alpha value is -0.410. The molecule has 0 amide bonds. The Kier molecular flexibility index (Phi) is 31.2. The van der Waals surface area contributed by atoms with Gasteiger partial charge in [-0.05, 0) is 44.7 Å². The van der Waals surface area contributed by atoms with Crippen molar-refractivity contribution in [3.8, 4) is 0 Å². The van der Waals surface area contributed by atoms with Gasteiger partial charge in [0.05, 0.1) is 6.61 Å². The molecule has 0 aliphatic carbocycles. The predicted molar refractivity (Wildman–Crippen MR) is 178 cm³/mol. The SMILES string of the molecule is CCCCCCCCC(CCCCCCCC)C(=O)CC(C)CCCCCCN(CCO)CCCCCCCC. The Morgan fingerprint density at radius 1 is 0.525 bits per heavy atom. The first-order chi connectivity index (χ1) is 19.6. The number of nitrogens with zero attached hydrogens (tertiary/aromatic N) is 1. The van der Waals surface area contributed by atoms with Crippen molar-refractivity contribution in [1.29, 1.82) is 0 Å². The van der Waals surface area contributed by atoms with E-state index in [4.69, 9.17) is 0 Å². The molecule has 240 valence electrons. The summed E-state index contributed by atoms with van der Waals surface area (Å²) in [6.07, 6.45) is 33.2. The molecule has 40 heavy (non-hydrogen) atoms. The van der Waals surface area contributed by atoms with Gasteiger partial charge >= 0.3 is 0 Å². The van der Waals surface area contributed by atoms with Gasteiger partial charge in [-0.3, -0.25) is 4.79 Å². The van der Waals surface area contributed by atoms with Crippen LogP contribution in [-0.4, -0.2) is 42.0 Å². The maximum atomic E-state index is 13.3. The summed E-state index contributed by atoms with van der Waals surface area (Å²) in [5.41, 5.74) is 0. The fraction of sp³-hybridized carbons (Fsp3) is 0.973. The van der Waals surface area contributed by atoms with E-state index in [9.17, 15) is 9.90 Å². The highest BCUT2D eigenvalue weighted by atomic mass is 16.3. The highest BCUT2D eigenvalue weighted by molar-refractivity contribution is 5.81. The van der Waals surface area contributed by atoms with E-state index in [0.29, 0.717) is 17.6 Å². The molecular weight excluding hydrogens is 490 g/mol. The molecule has 1 N–H and O–H groups in total. The first-order valence-corrected chi connectivity index (χ1v) is 18.4. The zero-order valence-corrected chi connectivity index (χ0v) is 28.2. The highest BCUT2D eigenvalue weighted by Crippen LogP contribution is 2.24. The molecule has 0 saturated heterocycles. The molecule has 0 aromatic carbocycles. The first kappa shape index (κ1) is 39.6. The highest BCUT2D eigenvalue weighted by Gasteiger charge is 2.20. The average Bonchev–Trinajstić information content (AvgIpc) is 2.94. The molecule has 0 fully saturated rings. The molecule has 0 radical (unpaired) electrons. The second-order valence-corrected chi connectivity index (χ2v) is 13.1. The zero-order valence-electron chi connectivity index (χ0n) is 28.2. The number of carbonyl (C=O) groups is 1. The third-order valence-electron chi connectivity index (χ3n) is 8.98. The number of Topliss-reactive ketones (excluding diaryl/α,β-unsaturated/α-hetero) is 1. The number of aliphatic hydroxyl groups excluding tert-OH is 1. The molecule has 0 aliphatic rings. The van der Waals surface area contributed by atoms with Crippen LogP contribution >= 0.6 is 0 Å². The monoisotopic (exact) mass is 566 g/mol. The van der Waals surface area contributed by atoms with Gasteiger partial charge in [-0.2, -0.15) is 0 Å². The average molecular weight is 566 g/mol. The van der Waals surface area contributed by atoms with E-state index >= 15 is 0 Å². The summed E-state index contributed by atoms with van der Waals surface area (Å²) < 4.78 is 0. The summed E-state index contributed by atoms with van der Waals surface area (Å²) in [6, 6.07) is 0. The Labute approximate surface area is 253 Å². The molecule has 0 heterocycles. The lowest BCUT2D eigenvalue weighted by atomic mass is 9.85. The number of aliphatic hydroxyl groups is 1. The fourth-order valence-electron chi connectivity index (χ4n) is 6.19. The number of rotatable bonds is 33. The van der Waals surface area contributed by atoms with Gasteiger partial charge in [0, 0.05) is 18.9 Å². The molecule has 0 rings (SSSR count). The standard InChI is InChI=1S/C37H75NO2/c1-5-8-11-14-17-23-28-36(29-24-18-15-12-9-6-2)37(40)34-35(4)27-22-19-21-26-31-38(32-33-39)30-25-20-16-13-10-7-3/h35-36,39H,5-34H2,1-4H3. The fourth-order valence-corrected chi connectivity index (χ4v) is 6.19. The van der Waals surface area contributed by atoms with Crippen LogP contribution in [0, 0.1) is 11.8 Å². The first-order valence-electron chi connectivity index (χ1n) is 18.4. The number of unbranched alkanes of at least 4 members (excludes halogenated alkanes) is 18. The van der Waals surface area contributed by atoms with Gasteiger partial charge in [0.2, 0.25) is 0 Å². The summed E-state index contributed by atoms with van der Waals surface area (Å²) in [5.74, 6) is 1.43. The van der Waals surface area contributed by atoms with Crippen molar-refractivity contribution in [1.82, 2.24) is 4.90 Å². The summed E-state index contributed by atoms with van der Waals surface area (Å²) in [6.45, 7) is 12.5. The normalized spacial score (nSPS) is 12.6. The van der Waals surface area contributed by atoms with E-state index in [1.165, 1.54) is 148 Å². The Morgan fingerprint density at radius 2 is 0.900 bits per heavy atom. The maximum absolute atomic E-state index is 13.3. The van der Waals surface area contributed by atoms with Crippen LogP contribution < -0.4 is 0 Å². The third-order valence-corrected chi connectivity index (χ3v) is 8.98. The molecular formula is C37H75NO2. The maximum Gasteiger partial charge on any atom is 0.136 e. The summed E-state index contributed by atoms with van der Waals surface area (Å²) in [4.78, 5) is 15.8. The van der Waals surface area contributed by atoms with Gasteiger partial charge in [-0.1, -0.05) is 163 Å². The third kappa shape index (κ3) is 26.5. The van der Waals surface area contributed by atoms with Crippen LogP contribution in [0.15, 0.2) is 0 Å². The number of hydrogen-bond donors (Lipinski definition) is 1. The smallest absolute Gasteiger partial charge is 0.136 e. The topological polar surface area (TPSA) is 40.5 Å². The van der Waals surface area contributed by atoms with E-state index in [1.807, 2.05) is 0 Å². The van der Waals surface area contributed by atoms with Gasteiger partial charge in [-0.25, -0.2) is 0 Å². The van der Waals surface area contributed by atoms with E-state index in [0.717, 1.165) is 38.9 Å². The van der Waals surface area contributed by atoms with Gasteiger partial charge < -0.3 is 10.0 Å². The largest absolute Gasteiger partial charge is 0.395 e. The van der Waals surface area contributed by atoms with Crippen LogP contribution in [0.2, 0.25) is 0 Å². The molecule has 0 aliphatic heterocycles. The van der Waals surface area contributed by atoms with Crippen molar-refractivity contribution < 1.29 is 9.90 Å². The van der Waals surface area contributed by atoms with Crippen LogP contribution in [0.5, 0.6) is 0 Å². The van der Waals surface area contributed by atoms with Crippen LogP contribution in [0.3, 0.4) is 0 Å². The van der Waals surface area contributed by atoms with Gasteiger partial charge in [0.1, 0.15) is 5.78 Å². The van der Waals surface area contributed by atoms with Crippen molar-refractivity contribution in [3.63, 3.8) is 0 Å². The lowest BCUT2D eigenvalue weighted by molar-refractivity contribution is -0.124. The van der Waals surface area contributed by atoms with Crippen LogP contribution in [0.1, 0.15) is 195 Å². The van der Waals surface area contributed by atoms with Gasteiger partial charge in [-0.15, -0.1) is 0 Å². The Morgan fingerprint density at radius 3 is 1.32 bits per heavy atom. The Bertz CT molecular complexity index is 492. The summed E-state index contributed by atoms with van der Waals surface area (Å²) in [5, 5.41) is 9.44. The minimum absolute atomic E-state index is 0.278. The van der Waals surface area contributed by atoms with Crippen molar-refractivity contribution in [2.24, 2.45) is 11.8 Å².